The second-order valence-corrected chi connectivity index (χ2v) is 8.47. The molecule has 0 aliphatic rings. The molecule has 6 nitrogen and oxygen atoms in total. The molecule has 0 spiro atoms. The summed E-state index contributed by atoms with van der Waals surface area (Å²) >= 11 is 1.40. The van der Waals surface area contributed by atoms with E-state index in [2.05, 4.69) is 10.6 Å². The number of ether oxygens (including phenoxy) is 2. The summed E-state index contributed by atoms with van der Waals surface area (Å²) in [6.07, 6.45) is 0.305. The van der Waals surface area contributed by atoms with E-state index in [1.54, 1.807) is 32.4 Å². The lowest BCUT2D eigenvalue weighted by Crippen LogP contribution is -2.22. The molecule has 0 aliphatic heterocycles. The second-order valence-electron chi connectivity index (χ2n) is 7.05. The minimum absolute atomic E-state index is 0.0886. The van der Waals surface area contributed by atoms with Crippen LogP contribution in [-0.4, -0.2) is 31.3 Å². The van der Waals surface area contributed by atoms with E-state index in [9.17, 15) is 9.59 Å². The number of nitrogens with one attached hydrogen (secondary N) is 2. The van der Waals surface area contributed by atoms with Crippen LogP contribution in [0.5, 0.6) is 11.5 Å². The highest BCUT2D eigenvalue weighted by molar-refractivity contribution is 8.00. The van der Waals surface area contributed by atoms with Gasteiger partial charge >= 0.3 is 0 Å². The molecule has 0 aliphatic carbocycles. The molecule has 1 atom stereocenters. The second kappa shape index (κ2) is 11.2. The third kappa shape index (κ3) is 6.52. The SMILES string of the molecule is COc1ccc(OC)c(NC(=O)C(C)Sc2cccc(NC(=O)Cc3ccccc3)c2)c1. The number of methoxy groups -OCH3 is 2. The smallest absolute Gasteiger partial charge is 0.237 e. The Hall–Kier alpha value is -3.45. The maximum atomic E-state index is 12.8. The summed E-state index contributed by atoms with van der Waals surface area (Å²) in [5, 5.41) is 5.44. The van der Waals surface area contributed by atoms with Crippen LogP contribution in [0.1, 0.15) is 12.5 Å². The van der Waals surface area contributed by atoms with Crippen molar-refractivity contribution in [1.82, 2.24) is 0 Å². The summed E-state index contributed by atoms with van der Waals surface area (Å²) in [6, 6.07) is 22.3. The molecule has 32 heavy (non-hydrogen) atoms. The number of amides is 2. The van der Waals surface area contributed by atoms with Crippen molar-refractivity contribution in [2.45, 2.75) is 23.5 Å². The Morgan fingerprint density at radius 2 is 1.69 bits per heavy atom. The predicted octanol–water partition coefficient (Wildman–Crippen LogP) is 5.00. The molecule has 0 aromatic heterocycles. The lowest BCUT2D eigenvalue weighted by molar-refractivity contribution is -0.116. The Bertz CT molecular complexity index is 1070. The van der Waals surface area contributed by atoms with E-state index in [1.165, 1.54) is 11.8 Å². The molecule has 3 aromatic carbocycles. The molecule has 0 fully saturated rings. The first-order valence-corrected chi connectivity index (χ1v) is 11.0. The van der Waals surface area contributed by atoms with E-state index in [-0.39, 0.29) is 17.1 Å². The van der Waals surface area contributed by atoms with Crippen LogP contribution in [-0.2, 0) is 16.0 Å². The van der Waals surface area contributed by atoms with Crippen LogP contribution in [0.3, 0.4) is 0 Å². The van der Waals surface area contributed by atoms with Gasteiger partial charge in [0.25, 0.3) is 0 Å². The van der Waals surface area contributed by atoms with E-state index in [1.807, 2.05) is 61.5 Å². The van der Waals surface area contributed by atoms with Crippen LogP contribution >= 0.6 is 11.8 Å². The fourth-order valence-corrected chi connectivity index (χ4v) is 3.96. The number of benzene rings is 3. The van der Waals surface area contributed by atoms with Crippen molar-refractivity contribution in [3.8, 4) is 11.5 Å². The lowest BCUT2D eigenvalue weighted by Gasteiger charge is -2.15. The molecule has 2 amide bonds. The van der Waals surface area contributed by atoms with Gasteiger partial charge in [0.1, 0.15) is 11.5 Å². The van der Waals surface area contributed by atoms with Gasteiger partial charge in [-0.2, -0.15) is 0 Å². The van der Waals surface area contributed by atoms with Crippen LogP contribution in [0, 0.1) is 0 Å². The number of anilines is 2. The maximum Gasteiger partial charge on any atom is 0.237 e. The summed E-state index contributed by atoms with van der Waals surface area (Å²) in [5.74, 6) is 0.925. The summed E-state index contributed by atoms with van der Waals surface area (Å²) in [6.45, 7) is 1.83. The Kier molecular flexibility index (Phi) is 8.16. The van der Waals surface area contributed by atoms with E-state index in [0.29, 0.717) is 29.3 Å². The Morgan fingerprint density at radius 1 is 0.906 bits per heavy atom. The zero-order valence-electron chi connectivity index (χ0n) is 18.3. The van der Waals surface area contributed by atoms with E-state index in [4.69, 9.17) is 9.47 Å². The molecule has 1 unspecified atom stereocenters. The number of rotatable bonds is 9. The lowest BCUT2D eigenvalue weighted by atomic mass is 10.1. The summed E-state index contributed by atoms with van der Waals surface area (Å²) in [4.78, 5) is 26.0. The quantitative estimate of drug-likeness (QED) is 0.449. The molecule has 0 saturated carbocycles. The highest BCUT2D eigenvalue weighted by Gasteiger charge is 2.17. The Labute approximate surface area is 192 Å². The number of hydrogen-bond donors (Lipinski definition) is 2. The highest BCUT2D eigenvalue weighted by Crippen LogP contribution is 2.31. The largest absolute Gasteiger partial charge is 0.497 e. The van der Waals surface area contributed by atoms with Gasteiger partial charge in [-0.05, 0) is 42.8 Å². The molecule has 0 radical (unpaired) electrons. The van der Waals surface area contributed by atoms with Gasteiger partial charge in [-0.15, -0.1) is 11.8 Å². The molecule has 0 saturated heterocycles. The Morgan fingerprint density at radius 3 is 2.41 bits per heavy atom. The third-order valence-electron chi connectivity index (χ3n) is 4.67. The predicted molar refractivity (Wildman–Crippen MR) is 129 cm³/mol. The first-order valence-electron chi connectivity index (χ1n) is 10.1. The van der Waals surface area contributed by atoms with Crippen LogP contribution in [0.2, 0.25) is 0 Å². The van der Waals surface area contributed by atoms with Gasteiger partial charge in [0.15, 0.2) is 0 Å². The summed E-state index contributed by atoms with van der Waals surface area (Å²) in [7, 11) is 3.12. The average Bonchev–Trinajstić information content (AvgIpc) is 2.79. The normalized spacial score (nSPS) is 11.3. The number of hydrogen-bond acceptors (Lipinski definition) is 5. The zero-order chi connectivity index (χ0) is 22.9. The van der Waals surface area contributed by atoms with Crippen LogP contribution in [0.4, 0.5) is 11.4 Å². The minimum atomic E-state index is -0.374. The van der Waals surface area contributed by atoms with Crippen molar-refractivity contribution in [3.05, 3.63) is 78.4 Å². The van der Waals surface area contributed by atoms with Crippen molar-refractivity contribution in [1.29, 1.82) is 0 Å². The molecule has 0 heterocycles. The topological polar surface area (TPSA) is 76.7 Å². The first kappa shape index (κ1) is 23.2. The van der Waals surface area contributed by atoms with Gasteiger partial charge in [0, 0.05) is 16.6 Å². The van der Waals surface area contributed by atoms with Gasteiger partial charge in [0.2, 0.25) is 11.8 Å². The van der Waals surface area contributed by atoms with E-state index < -0.39 is 0 Å². The van der Waals surface area contributed by atoms with Crippen molar-refractivity contribution in [2.24, 2.45) is 0 Å². The standard InChI is InChI=1S/C25H26N2O4S/c1-17(25(29)27-22-16-20(30-2)12-13-23(22)31-3)32-21-11-7-10-19(15-21)26-24(28)14-18-8-5-4-6-9-18/h4-13,15-17H,14H2,1-3H3,(H,26,28)(H,27,29). The van der Waals surface area contributed by atoms with E-state index >= 15 is 0 Å². The third-order valence-corrected chi connectivity index (χ3v) is 5.77. The number of carbonyl (C=O) groups excluding carboxylic acids is 2. The molecular weight excluding hydrogens is 424 g/mol. The van der Waals surface area contributed by atoms with Gasteiger partial charge in [-0.3, -0.25) is 9.59 Å². The van der Waals surface area contributed by atoms with Crippen LogP contribution in [0.25, 0.3) is 0 Å². The zero-order valence-corrected chi connectivity index (χ0v) is 19.1. The fraction of sp³-hybridized carbons (Fsp3) is 0.200. The molecule has 0 bridgehead atoms. The average molecular weight is 451 g/mol. The number of carbonyl (C=O) groups is 2. The van der Waals surface area contributed by atoms with Gasteiger partial charge in [-0.25, -0.2) is 0 Å². The molecular formula is C25H26N2O4S. The maximum absolute atomic E-state index is 12.8. The highest BCUT2D eigenvalue weighted by atomic mass is 32.2. The summed E-state index contributed by atoms with van der Waals surface area (Å²) < 4.78 is 10.5. The van der Waals surface area contributed by atoms with Crippen LogP contribution < -0.4 is 20.1 Å². The van der Waals surface area contributed by atoms with Crippen molar-refractivity contribution in [2.75, 3.05) is 24.9 Å². The van der Waals surface area contributed by atoms with E-state index in [0.717, 1.165) is 10.5 Å². The summed E-state index contributed by atoms with van der Waals surface area (Å²) in [5.41, 5.74) is 2.19. The molecule has 2 N–H and O–H groups in total. The van der Waals surface area contributed by atoms with Gasteiger partial charge < -0.3 is 20.1 Å². The van der Waals surface area contributed by atoms with Crippen molar-refractivity contribution >= 4 is 35.0 Å². The molecule has 7 heteroatoms. The van der Waals surface area contributed by atoms with Crippen LogP contribution in [0.15, 0.2) is 77.7 Å². The van der Waals surface area contributed by atoms with Crippen molar-refractivity contribution < 1.29 is 19.1 Å². The van der Waals surface area contributed by atoms with Gasteiger partial charge in [0.05, 0.1) is 31.6 Å². The van der Waals surface area contributed by atoms with Gasteiger partial charge in [-0.1, -0.05) is 36.4 Å². The minimum Gasteiger partial charge on any atom is -0.497 e. The molecule has 3 aromatic rings. The Balaban J connectivity index is 1.61. The molecule has 166 valence electrons. The molecule has 3 rings (SSSR count). The monoisotopic (exact) mass is 450 g/mol. The van der Waals surface area contributed by atoms with Crippen molar-refractivity contribution in [3.63, 3.8) is 0 Å². The fourth-order valence-electron chi connectivity index (χ4n) is 3.04. The first-order chi connectivity index (χ1) is 15.5. The number of thioether (sulfide) groups is 1.